The van der Waals surface area contributed by atoms with Gasteiger partial charge >= 0.3 is 0 Å². The Morgan fingerprint density at radius 1 is 1.05 bits per heavy atom. The van der Waals surface area contributed by atoms with Crippen LogP contribution in [0.4, 0.5) is 5.69 Å². The second-order valence-electron chi connectivity index (χ2n) is 4.73. The van der Waals surface area contributed by atoms with Crippen molar-refractivity contribution < 1.29 is 14.2 Å². The van der Waals surface area contributed by atoms with Gasteiger partial charge in [-0.2, -0.15) is 0 Å². The van der Waals surface area contributed by atoms with E-state index in [0.29, 0.717) is 22.9 Å². The average Bonchev–Trinajstić information content (AvgIpc) is 2.44. The number of methoxy groups -OCH3 is 1. The average molecular weight is 352 g/mol. The van der Waals surface area contributed by atoms with Crippen LogP contribution in [0.3, 0.4) is 0 Å². The lowest BCUT2D eigenvalue weighted by molar-refractivity contribution is 0.243. The number of nitrogen functional groups attached to an aromatic ring is 1. The first kappa shape index (κ1) is 15.5. The Morgan fingerprint density at radius 2 is 1.76 bits per heavy atom. The van der Waals surface area contributed by atoms with Crippen molar-refractivity contribution in [3.63, 3.8) is 0 Å². The fourth-order valence-corrected chi connectivity index (χ4v) is 2.22. The first-order chi connectivity index (χ1) is 10.0. The van der Waals surface area contributed by atoms with Gasteiger partial charge in [0.25, 0.3) is 0 Å². The molecule has 2 rings (SSSR count). The third kappa shape index (κ3) is 3.82. The molecule has 0 atom stereocenters. The molecule has 0 heterocycles. The Hall–Kier alpha value is -1.88. The van der Waals surface area contributed by atoms with Crippen molar-refractivity contribution >= 4 is 21.6 Å². The van der Waals surface area contributed by atoms with E-state index in [9.17, 15) is 0 Å². The van der Waals surface area contributed by atoms with Gasteiger partial charge in [-0.25, -0.2) is 0 Å². The van der Waals surface area contributed by atoms with E-state index in [1.807, 2.05) is 44.2 Å². The van der Waals surface area contributed by atoms with Gasteiger partial charge in [-0.05, 0) is 60.1 Å². The van der Waals surface area contributed by atoms with Gasteiger partial charge in [0.15, 0.2) is 5.75 Å². The van der Waals surface area contributed by atoms with Crippen LogP contribution < -0.4 is 19.9 Å². The molecule has 4 nitrogen and oxygen atoms in total. The SMILES string of the molecule is COc1ccc(Oc2cccc(OC(C)C)c2N)c(Br)c1. The fourth-order valence-electron chi connectivity index (χ4n) is 1.78. The fraction of sp³-hybridized carbons (Fsp3) is 0.250. The van der Waals surface area contributed by atoms with E-state index in [4.69, 9.17) is 19.9 Å². The molecule has 0 fully saturated rings. The number of halogens is 1. The van der Waals surface area contributed by atoms with Crippen molar-refractivity contribution in [1.29, 1.82) is 0 Å². The molecule has 0 radical (unpaired) electrons. The predicted octanol–water partition coefficient (Wildman–Crippen LogP) is 4.62. The lowest BCUT2D eigenvalue weighted by Crippen LogP contribution is -2.07. The Labute approximate surface area is 132 Å². The van der Waals surface area contributed by atoms with E-state index >= 15 is 0 Å². The molecule has 0 saturated heterocycles. The Balaban J connectivity index is 2.27. The number of nitrogens with two attached hydrogens (primary N) is 1. The monoisotopic (exact) mass is 351 g/mol. The van der Waals surface area contributed by atoms with Crippen LogP contribution in [0.25, 0.3) is 0 Å². The molecule has 21 heavy (non-hydrogen) atoms. The van der Waals surface area contributed by atoms with Crippen molar-refractivity contribution in [2.24, 2.45) is 0 Å². The second-order valence-corrected chi connectivity index (χ2v) is 5.59. The smallest absolute Gasteiger partial charge is 0.154 e. The number of hydrogen-bond donors (Lipinski definition) is 1. The van der Waals surface area contributed by atoms with E-state index in [0.717, 1.165) is 10.2 Å². The van der Waals surface area contributed by atoms with Crippen LogP contribution in [-0.4, -0.2) is 13.2 Å². The Kier molecular flexibility index (Phi) is 4.96. The number of anilines is 1. The van der Waals surface area contributed by atoms with Crippen molar-refractivity contribution in [1.82, 2.24) is 0 Å². The number of ether oxygens (including phenoxy) is 3. The van der Waals surface area contributed by atoms with Gasteiger partial charge < -0.3 is 19.9 Å². The van der Waals surface area contributed by atoms with Crippen LogP contribution in [0.5, 0.6) is 23.0 Å². The highest BCUT2D eigenvalue weighted by Crippen LogP contribution is 2.38. The summed E-state index contributed by atoms with van der Waals surface area (Å²) in [7, 11) is 1.62. The number of rotatable bonds is 5. The lowest BCUT2D eigenvalue weighted by atomic mass is 10.2. The van der Waals surface area contributed by atoms with Crippen molar-refractivity contribution in [3.8, 4) is 23.0 Å². The van der Waals surface area contributed by atoms with Gasteiger partial charge in [0, 0.05) is 0 Å². The molecule has 0 aromatic heterocycles. The summed E-state index contributed by atoms with van der Waals surface area (Å²) >= 11 is 3.45. The van der Waals surface area contributed by atoms with E-state index in [-0.39, 0.29) is 6.10 Å². The van der Waals surface area contributed by atoms with Crippen LogP contribution in [0.1, 0.15) is 13.8 Å². The molecule has 0 spiro atoms. The minimum atomic E-state index is 0.0512. The lowest BCUT2D eigenvalue weighted by Gasteiger charge is -2.15. The van der Waals surface area contributed by atoms with Crippen molar-refractivity contribution in [3.05, 3.63) is 40.9 Å². The van der Waals surface area contributed by atoms with Gasteiger partial charge in [0.05, 0.1) is 17.7 Å². The predicted molar refractivity (Wildman–Crippen MR) is 87.4 cm³/mol. The number of benzene rings is 2. The zero-order chi connectivity index (χ0) is 15.4. The summed E-state index contributed by atoms with van der Waals surface area (Å²) in [4.78, 5) is 0. The van der Waals surface area contributed by atoms with Crippen LogP contribution in [0.15, 0.2) is 40.9 Å². The molecule has 0 saturated carbocycles. The molecule has 2 aromatic carbocycles. The third-order valence-electron chi connectivity index (χ3n) is 2.75. The van der Waals surface area contributed by atoms with E-state index in [2.05, 4.69) is 15.9 Å². The summed E-state index contributed by atoms with van der Waals surface area (Å²) in [6, 6.07) is 11.0. The van der Waals surface area contributed by atoms with Crippen molar-refractivity contribution in [2.45, 2.75) is 20.0 Å². The van der Waals surface area contributed by atoms with E-state index < -0.39 is 0 Å². The zero-order valence-electron chi connectivity index (χ0n) is 12.2. The molecule has 0 amide bonds. The summed E-state index contributed by atoms with van der Waals surface area (Å²) in [6.45, 7) is 3.90. The molecule has 0 unspecified atom stereocenters. The highest BCUT2D eigenvalue weighted by atomic mass is 79.9. The number of hydrogen-bond acceptors (Lipinski definition) is 4. The zero-order valence-corrected chi connectivity index (χ0v) is 13.8. The van der Waals surface area contributed by atoms with Crippen LogP contribution in [0, 0.1) is 0 Å². The first-order valence-electron chi connectivity index (χ1n) is 6.57. The highest BCUT2D eigenvalue weighted by Gasteiger charge is 2.11. The maximum absolute atomic E-state index is 6.10. The molecule has 0 aliphatic carbocycles. The van der Waals surface area contributed by atoms with Gasteiger partial charge in [-0.15, -0.1) is 0 Å². The standard InChI is InChI=1S/C16H18BrNO3/c1-10(2)20-14-5-4-6-15(16(14)18)21-13-8-7-11(19-3)9-12(13)17/h4-10H,18H2,1-3H3. The third-order valence-corrected chi connectivity index (χ3v) is 3.37. The topological polar surface area (TPSA) is 53.7 Å². The van der Waals surface area contributed by atoms with Crippen LogP contribution >= 0.6 is 15.9 Å². The first-order valence-corrected chi connectivity index (χ1v) is 7.37. The molecule has 0 aliphatic rings. The molecule has 0 aliphatic heterocycles. The largest absolute Gasteiger partial charge is 0.497 e. The maximum atomic E-state index is 6.10. The summed E-state index contributed by atoms with van der Waals surface area (Å²) < 4.78 is 17.5. The molecule has 5 heteroatoms. The maximum Gasteiger partial charge on any atom is 0.154 e. The molecule has 0 bridgehead atoms. The van der Waals surface area contributed by atoms with Crippen molar-refractivity contribution in [2.75, 3.05) is 12.8 Å². The highest BCUT2D eigenvalue weighted by molar-refractivity contribution is 9.10. The van der Waals surface area contributed by atoms with Gasteiger partial charge in [-0.1, -0.05) is 6.07 Å². The van der Waals surface area contributed by atoms with Gasteiger partial charge in [0.2, 0.25) is 0 Å². The van der Waals surface area contributed by atoms with Gasteiger partial charge in [-0.3, -0.25) is 0 Å². The summed E-state index contributed by atoms with van der Waals surface area (Å²) in [5, 5.41) is 0. The molecular weight excluding hydrogens is 334 g/mol. The number of para-hydroxylation sites is 1. The Bertz CT molecular complexity index is 629. The molecule has 2 aromatic rings. The summed E-state index contributed by atoms with van der Waals surface area (Å²) in [5.41, 5.74) is 6.58. The Morgan fingerprint density at radius 3 is 2.38 bits per heavy atom. The van der Waals surface area contributed by atoms with E-state index in [1.165, 1.54) is 0 Å². The normalized spacial score (nSPS) is 10.5. The minimum absolute atomic E-state index is 0.0512. The second kappa shape index (κ2) is 6.72. The van der Waals surface area contributed by atoms with E-state index in [1.54, 1.807) is 13.2 Å². The van der Waals surface area contributed by atoms with Gasteiger partial charge in [0.1, 0.15) is 22.9 Å². The minimum Gasteiger partial charge on any atom is -0.497 e. The molecule has 112 valence electrons. The van der Waals surface area contributed by atoms with Crippen LogP contribution in [0.2, 0.25) is 0 Å². The molecule has 2 N–H and O–H groups in total. The summed E-state index contributed by atoms with van der Waals surface area (Å²) in [5.74, 6) is 2.58. The summed E-state index contributed by atoms with van der Waals surface area (Å²) in [6.07, 6.45) is 0.0512. The van der Waals surface area contributed by atoms with Crippen LogP contribution in [-0.2, 0) is 0 Å². The molecular formula is C16H18BrNO3. The quantitative estimate of drug-likeness (QED) is 0.798.